The van der Waals surface area contributed by atoms with Gasteiger partial charge in [-0.2, -0.15) is 0 Å². The molecule has 144 valence electrons. The molecule has 0 amide bonds. The van der Waals surface area contributed by atoms with Crippen molar-refractivity contribution in [2.45, 2.75) is 19.3 Å². The Kier molecular flexibility index (Phi) is 4.81. The van der Waals surface area contributed by atoms with Gasteiger partial charge in [-0.05, 0) is 55.7 Å². The average Bonchev–Trinajstić information content (AvgIpc) is 2.73. The molecule has 4 rings (SSSR count). The van der Waals surface area contributed by atoms with Gasteiger partial charge in [0.15, 0.2) is 0 Å². The number of benzene rings is 2. The minimum absolute atomic E-state index is 0.299. The van der Waals surface area contributed by atoms with E-state index in [0.717, 1.165) is 32.4 Å². The first kappa shape index (κ1) is 18.2. The Morgan fingerprint density at radius 2 is 1.89 bits per heavy atom. The van der Waals surface area contributed by atoms with Crippen LogP contribution in [0.2, 0.25) is 0 Å². The van der Waals surface area contributed by atoms with Crippen molar-refractivity contribution in [2.75, 3.05) is 25.1 Å². The van der Waals surface area contributed by atoms with Crippen LogP contribution in [0.25, 0.3) is 16.6 Å². The normalized spacial score (nSPS) is 14.3. The van der Waals surface area contributed by atoms with E-state index in [1.54, 1.807) is 24.3 Å². The van der Waals surface area contributed by atoms with Crippen LogP contribution in [-0.2, 0) is 4.74 Å². The number of rotatable bonds is 3. The minimum atomic E-state index is -0.488. The third-order valence-electron chi connectivity index (χ3n) is 4.98. The molecule has 0 aliphatic carbocycles. The van der Waals surface area contributed by atoms with Gasteiger partial charge in [-0.1, -0.05) is 6.07 Å². The first-order chi connectivity index (χ1) is 13.6. The zero-order chi connectivity index (χ0) is 19.7. The van der Waals surface area contributed by atoms with Crippen molar-refractivity contribution in [1.29, 1.82) is 0 Å². The van der Waals surface area contributed by atoms with Crippen LogP contribution in [0.1, 0.15) is 29.6 Å². The van der Waals surface area contributed by atoms with E-state index in [0.29, 0.717) is 28.1 Å². The van der Waals surface area contributed by atoms with Gasteiger partial charge in [0.05, 0.1) is 29.3 Å². The Labute approximate surface area is 161 Å². The van der Waals surface area contributed by atoms with Gasteiger partial charge in [0.1, 0.15) is 5.82 Å². The molecule has 2 heterocycles. The fraction of sp³-hybridized carbons (Fsp3) is 0.286. The molecule has 0 unspecified atom stereocenters. The van der Waals surface area contributed by atoms with E-state index >= 15 is 0 Å². The monoisotopic (exact) mass is 381 g/mol. The predicted octanol–water partition coefficient (Wildman–Crippen LogP) is 3.30. The van der Waals surface area contributed by atoms with Crippen LogP contribution in [0.3, 0.4) is 0 Å². The maximum absolute atomic E-state index is 13.9. The van der Waals surface area contributed by atoms with Crippen LogP contribution in [-0.4, -0.2) is 35.7 Å². The lowest BCUT2D eigenvalue weighted by Crippen LogP contribution is -2.36. The molecule has 0 N–H and O–H groups in total. The summed E-state index contributed by atoms with van der Waals surface area (Å²) < 4.78 is 20.1. The number of aromatic nitrogens is 2. The van der Waals surface area contributed by atoms with Crippen molar-refractivity contribution < 1.29 is 13.9 Å². The number of piperidine rings is 1. The summed E-state index contributed by atoms with van der Waals surface area (Å²) in [4.78, 5) is 31.9. The lowest BCUT2D eigenvalue weighted by Gasteiger charge is -2.30. The van der Waals surface area contributed by atoms with Gasteiger partial charge >= 0.3 is 5.97 Å². The van der Waals surface area contributed by atoms with Gasteiger partial charge in [-0.15, -0.1) is 0 Å². The van der Waals surface area contributed by atoms with Crippen LogP contribution < -0.4 is 10.5 Å². The molecule has 28 heavy (non-hydrogen) atoms. The van der Waals surface area contributed by atoms with Gasteiger partial charge in [0.25, 0.3) is 5.56 Å². The zero-order valence-electron chi connectivity index (χ0n) is 15.5. The van der Waals surface area contributed by atoms with Crippen molar-refractivity contribution in [3.8, 4) is 5.69 Å². The van der Waals surface area contributed by atoms with Gasteiger partial charge in [0.2, 0.25) is 5.95 Å². The molecule has 1 aliphatic heterocycles. The first-order valence-electron chi connectivity index (χ1n) is 9.24. The van der Waals surface area contributed by atoms with Crippen molar-refractivity contribution in [3.05, 3.63) is 64.2 Å². The number of methoxy groups -OCH3 is 1. The molecule has 0 bridgehead atoms. The lowest BCUT2D eigenvalue weighted by atomic mass is 10.1. The minimum Gasteiger partial charge on any atom is -0.465 e. The summed E-state index contributed by atoms with van der Waals surface area (Å²) in [6, 6.07) is 10.6. The Balaban J connectivity index is 1.98. The number of ether oxygens (including phenoxy) is 1. The summed E-state index contributed by atoms with van der Waals surface area (Å²) >= 11 is 0. The van der Waals surface area contributed by atoms with E-state index in [9.17, 15) is 14.0 Å². The van der Waals surface area contributed by atoms with E-state index in [-0.39, 0.29) is 5.56 Å². The van der Waals surface area contributed by atoms with E-state index < -0.39 is 11.8 Å². The van der Waals surface area contributed by atoms with Crippen molar-refractivity contribution in [2.24, 2.45) is 0 Å². The SMILES string of the molecule is COC(=O)c1ccc2c(=O)n(-c3cccc(F)c3)c(N3CCCCC3)nc2c1. The fourth-order valence-corrected chi connectivity index (χ4v) is 3.57. The molecule has 1 aliphatic rings. The maximum Gasteiger partial charge on any atom is 0.337 e. The highest BCUT2D eigenvalue weighted by Gasteiger charge is 2.21. The smallest absolute Gasteiger partial charge is 0.337 e. The number of hydrogen-bond donors (Lipinski definition) is 0. The summed E-state index contributed by atoms with van der Waals surface area (Å²) in [5.74, 6) is -0.447. The number of fused-ring (bicyclic) bond motifs is 1. The van der Waals surface area contributed by atoms with E-state index in [1.807, 2.05) is 4.90 Å². The number of carbonyl (C=O) groups is 1. The second kappa shape index (κ2) is 7.42. The molecular weight excluding hydrogens is 361 g/mol. The van der Waals surface area contributed by atoms with Crippen molar-refractivity contribution in [1.82, 2.24) is 9.55 Å². The number of nitrogens with zero attached hydrogens (tertiary/aromatic N) is 3. The summed E-state index contributed by atoms with van der Waals surface area (Å²) in [5.41, 5.74) is 0.876. The predicted molar refractivity (Wildman–Crippen MR) is 105 cm³/mol. The number of esters is 1. The summed E-state index contributed by atoms with van der Waals surface area (Å²) in [5, 5.41) is 0.359. The van der Waals surface area contributed by atoms with Crippen LogP contribution in [0.4, 0.5) is 10.3 Å². The van der Waals surface area contributed by atoms with Crippen molar-refractivity contribution >= 4 is 22.8 Å². The summed E-state index contributed by atoms with van der Waals surface area (Å²) in [6.07, 6.45) is 3.12. The van der Waals surface area contributed by atoms with Gasteiger partial charge in [-0.25, -0.2) is 18.7 Å². The summed E-state index contributed by atoms with van der Waals surface area (Å²) in [7, 11) is 1.31. The Morgan fingerprint density at radius 3 is 2.61 bits per heavy atom. The number of hydrogen-bond acceptors (Lipinski definition) is 5. The lowest BCUT2D eigenvalue weighted by molar-refractivity contribution is 0.0601. The summed E-state index contributed by atoms with van der Waals surface area (Å²) in [6.45, 7) is 1.54. The molecule has 1 saturated heterocycles. The van der Waals surface area contributed by atoms with Gasteiger partial charge in [-0.3, -0.25) is 4.79 Å². The molecule has 0 radical (unpaired) electrons. The maximum atomic E-state index is 13.9. The van der Waals surface area contributed by atoms with Crippen LogP contribution >= 0.6 is 0 Å². The molecule has 6 nitrogen and oxygen atoms in total. The second-order valence-corrected chi connectivity index (χ2v) is 6.80. The quantitative estimate of drug-likeness (QED) is 0.652. The van der Waals surface area contributed by atoms with Crippen LogP contribution in [0, 0.1) is 5.82 Å². The molecule has 1 fully saturated rings. The van der Waals surface area contributed by atoms with Crippen LogP contribution in [0.5, 0.6) is 0 Å². The standard InChI is InChI=1S/C21H20FN3O3/c1-28-20(27)14-8-9-17-18(12-14)23-21(24-10-3-2-4-11-24)25(19(17)26)16-7-5-6-15(22)13-16/h5-9,12-13H,2-4,10-11H2,1H3. The number of carbonyl (C=O) groups excluding carboxylic acids is 1. The van der Waals surface area contributed by atoms with Gasteiger partial charge < -0.3 is 9.64 Å². The number of anilines is 1. The molecular formula is C21H20FN3O3. The molecule has 7 heteroatoms. The highest BCUT2D eigenvalue weighted by atomic mass is 19.1. The highest BCUT2D eigenvalue weighted by Crippen LogP contribution is 2.23. The number of halogens is 1. The zero-order valence-corrected chi connectivity index (χ0v) is 15.5. The molecule has 0 atom stereocenters. The van der Waals surface area contributed by atoms with E-state index in [1.165, 1.54) is 29.9 Å². The Bertz CT molecular complexity index is 1100. The van der Waals surface area contributed by atoms with Crippen molar-refractivity contribution in [3.63, 3.8) is 0 Å². The largest absolute Gasteiger partial charge is 0.465 e. The third kappa shape index (κ3) is 3.24. The fourth-order valence-electron chi connectivity index (χ4n) is 3.57. The molecule has 0 saturated carbocycles. The van der Waals surface area contributed by atoms with Gasteiger partial charge in [0, 0.05) is 13.1 Å². The third-order valence-corrected chi connectivity index (χ3v) is 4.98. The highest BCUT2D eigenvalue weighted by molar-refractivity contribution is 5.94. The molecule has 3 aromatic rings. The van der Waals surface area contributed by atoms with Crippen LogP contribution in [0.15, 0.2) is 47.3 Å². The molecule has 2 aromatic carbocycles. The first-order valence-corrected chi connectivity index (χ1v) is 9.24. The van der Waals surface area contributed by atoms with E-state index in [4.69, 9.17) is 9.72 Å². The average molecular weight is 381 g/mol. The second-order valence-electron chi connectivity index (χ2n) is 6.80. The Hall–Kier alpha value is -3.22. The Morgan fingerprint density at radius 1 is 1.11 bits per heavy atom. The topological polar surface area (TPSA) is 64.4 Å². The molecule has 0 spiro atoms. The van der Waals surface area contributed by atoms with E-state index in [2.05, 4.69) is 0 Å². The molecule has 1 aromatic heterocycles.